The summed E-state index contributed by atoms with van der Waals surface area (Å²) < 4.78 is 11.5. The maximum absolute atomic E-state index is 13.5. The molecule has 2 heterocycles. The second-order valence-corrected chi connectivity index (χ2v) is 10.8. The molecule has 2 unspecified atom stereocenters. The maximum atomic E-state index is 13.5. The molecule has 35 heavy (non-hydrogen) atoms. The molecule has 2 aromatic carbocycles. The van der Waals surface area contributed by atoms with E-state index >= 15 is 0 Å². The minimum atomic E-state index is -0.918. The molecule has 1 aliphatic heterocycles. The number of fused-ring (bicyclic) bond motifs is 1. The number of para-hydroxylation sites is 1. The predicted octanol–water partition coefficient (Wildman–Crippen LogP) is 5.83. The first kappa shape index (κ1) is 24.1. The van der Waals surface area contributed by atoms with Crippen LogP contribution >= 0.6 is 23.4 Å². The van der Waals surface area contributed by atoms with Gasteiger partial charge >= 0.3 is 5.97 Å². The fourth-order valence-electron chi connectivity index (χ4n) is 5.35. The third-order valence-electron chi connectivity index (χ3n) is 7.17. The first-order valence-electron chi connectivity index (χ1n) is 11.9. The van der Waals surface area contributed by atoms with Gasteiger partial charge < -0.3 is 9.47 Å². The van der Waals surface area contributed by atoms with Gasteiger partial charge in [-0.2, -0.15) is 0 Å². The molecule has 1 saturated heterocycles. The molecule has 3 aromatic rings. The van der Waals surface area contributed by atoms with Crippen molar-refractivity contribution in [1.82, 2.24) is 9.97 Å². The highest BCUT2D eigenvalue weighted by molar-refractivity contribution is 8.01. The summed E-state index contributed by atoms with van der Waals surface area (Å²) in [7, 11) is 1.59. The number of halogens is 1. The number of esters is 1. The standard InChI is InChI=1S/C27H27ClN2O4S/c1-33-23-11-10-17(14-20(23)28)12-13-27(18-6-2-3-7-18)15-22(31)24(26(32)34-27)35-25-19-8-4-5-9-21(19)29-16-30-25/h4-5,8-11,14,16,18,24H,2-3,6-7,12-13,15H2,1H3. The molecule has 2 aliphatic rings. The Hall–Kier alpha value is -2.64. The van der Waals surface area contributed by atoms with Crippen molar-refractivity contribution in [3.05, 3.63) is 59.4 Å². The van der Waals surface area contributed by atoms with E-state index in [0.717, 1.165) is 42.1 Å². The Kier molecular flexibility index (Phi) is 6.98. The molecule has 0 bridgehead atoms. The fraction of sp³-hybridized carbons (Fsp3) is 0.407. The number of hydrogen-bond donors (Lipinski definition) is 0. The molecule has 1 aromatic heterocycles. The summed E-state index contributed by atoms with van der Waals surface area (Å²) in [6.07, 6.45) is 7.08. The average molecular weight is 511 g/mol. The van der Waals surface area contributed by atoms with E-state index < -0.39 is 16.8 Å². The summed E-state index contributed by atoms with van der Waals surface area (Å²) in [5.74, 6) is 0.259. The van der Waals surface area contributed by atoms with Crippen LogP contribution in [0.4, 0.5) is 0 Å². The van der Waals surface area contributed by atoms with Crippen LogP contribution in [0.15, 0.2) is 53.8 Å². The quantitative estimate of drug-likeness (QED) is 0.225. The minimum absolute atomic E-state index is 0.0893. The van der Waals surface area contributed by atoms with E-state index in [9.17, 15) is 9.59 Å². The number of aryl methyl sites for hydroxylation is 1. The number of ether oxygens (including phenoxy) is 2. The van der Waals surface area contributed by atoms with Gasteiger partial charge in [-0.05, 0) is 55.4 Å². The number of cyclic esters (lactones) is 1. The van der Waals surface area contributed by atoms with E-state index in [4.69, 9.17) is 21.1 Å². The number of aromatic nitrogens is 2. The zero-order valence-corrected chi connectivity index (χ0v) is 21.1. The molecular weight excluding hydrogens is 484 g/mol. The van der Waals surface area contributed by atoms with Crippen LogP contribution in [0.3, 0.4) is 0 Å². The monoisotopic (exact) mass is 510 g/mol. The Balaban J connectivity index is 1.37. The van der Waals surface area contributed by atoms with E-state index in [1.807, 2.05) is 42.5 Å². The predicted molar refractivity (Wildman–Crippen MR) is 136 cm³/mol. The van der Waals surface area contributed by atoms with Crippen molar-refractivity contribution in [3.8, 4) is 5.75 Å². The molecule has 0 N–H and O–H groups in total. The van der Waals surface area contributed by atoms with E-state index in [2.05, 4.69) is 9.97 Å². The van der Waals surface area contributed by atoms with Crippen molar-refractivity contribution < 1.29 is 19.1 Å². The summed E-state index contributed by atoms with van der Waals surface area (Å²) in [5.41, 5.74) is 1.03. The highest BCUT2D eigenvalue weighted by atomic mass is 35.5. The number of methoxy groups -OCH3 is 1. The van der Waals surface area contributed by atoms with Crippen LogP contribution in [0.1, 0.15) is 44.1 Å². The molecule has 0 radical (unpaired) electrons. The van der Waals surface area contributed by atoms with Crippen LogP contribution in [0, 0.1) is 5.92 Å². The Morgan fingerprint density at radius 1 is 1.14 bits per heavy atom. The number of Topliss-reactive ketones (excluding diaryl/α,β-unsaturated/α-hetero) is 1. The molecule has 182 valence electrons. The normalized spacial score (nSPS) is 23.0. The second-order valence-electron chi connectivity index (χ2n) is 9.27. The molecular formula is C27H27ClN2O4S. The zero-order valence-electron chi connectivity index (χ0n) is 19.5. The van der Waals surface area contributed by atoms with Gasteiger partial charge in [0.05, 0.1) is 17.6 Å². The summed E-state index contributed by atoms with van der Waals surface area (Å²) in [5, 5.41) is 1.07. The Labute approximate surface area is 213 Å². The number of benzene rings is 2. The third-order valence-corrected chi connectivity index (χ3v) is 8.71. The van der Waals surface area contributed by atoms with E-state index in [0.29, 0.717) is 28.6 Å². The lowest BCUT2D eigenvalue weighted by Crippen LogP contribution is -2.53. The molecule has 0 amide bonds. The van der Waals surface area contributed by atoms with Gasteiger partial charge in [0.15, 0.2) is 11.0 Å². The number of rotatable bonds is 7. The van der Waals surface area contributed by atoms with Crippen molar-refractivity contribution in [3.63, 3.8) is 0 Å². The average Bonchev–Trinajstić information content (AvgIpc) is 3.41. The first-order chi connectivity index (χ1) is 17.0. The number of nitrogens with zero attached hydrogens (tertiary/aromatic N) is 2. The minimum Gasteiger partial charge on any atom is -0.495 e. The van der Waals surface area contributed by atoms with Gasteiger partial charge in [-0.1, -0.05) is 60.5 Å². The van der Waals surface area contributed by atoms with Gasteiger partial charge in [0.25, 0.3) is 0 Å². The smallest absolute Gasteiger partial charge is 0.327 e. The van der Waals surface area contributed by atoms with Gasteiger partial charge in [-0.25, -0.2) is 9.97 Å². The van der Waals surface area contributed by atoms with Gasteiger partial charge in [0.2, 0.25) is 0 Å². The lowest BCUT2D eigenvalue weighted by atomic mass is 9.76. The van der Waals surface area contributed by atoms with Gasteiger partial charge in [0.1, 0.15) is 22.7 Å². The summed E-state index contributed by atoms with van der Waals surface area (Å²) in [4.78, 5) is 35.4. The molecule has 0 spiro atoms. The lowest BCUT2D eigenvalue weighted by Gasteiger charge is -2.42. The van der Waals surface area contributed by atoms with Crippen molar-refractivity contribution >= 4 is 46.0 Å². The van der Waals surface area contributed by atoms with Crippen molar-refractivity contribution in [1.29, 1.82) is 0 Å². The van der Waals surface area contributed by atoms with Crippen LogP contribution < -0.4 is 4.74 Å². The fourth-order valence-corrected chi connectivity index (χ4v) is 6.62. The van der Waals surface area contributed by atoms with E-state index in [1.54, 1.807) is 7.11 Å². The second kappa shape index (κ2) is 10.2. The molecule has 2 atom stereocenters. The number of thioether (sulfide) groups is 1. The van der Waals surface area contributed by atoms with E-state index in [1.165, 1.54) is 18.1 Å². The highest BCUT2D eigenvalue weighted by Crippen LogP contribution is 2.46. The molecule has 6 nitrogen and oxygen atoms in total. The Morgan fingerprint density at radius 2 is 1.94 bits per heavy atom. The lowest BCUT2D eigenvalue weighted by molar-refractivity contribution is -0.177. The molecule has 8 heteroatoms. The largest absolute Gasteiger partial charge is 0.495 e. The van der Waals surface area contributed by atoms with Crippen LogP contribution in [-0.2, 0) is 20.7 Å². The molecule has 1 aliphatic carbocycles. The Morgan fingerprint density at radius 3 is 2.69 bits per heavy atom. The third kappa shape index (κ3) is 4.89. The van der Waals surface area contributed by atoms with Crippen LogP contribution in [-0.4, -0.2) is 39.7 Å². The van der Waals surface area contributed by atoms with Gasteiger partial charge in [-0.15, -0.1) is 0 Å². The summed E-state index contributed by atoms with van der Waals surface area (Å²) in [6.45, 7) is 0. The summed E-state index contributed by atoms with van der Waals surface area (Å²) in [6, 6.07) is 13.3. The van der Waals surface area contributed by atoms with Crippen LogP contribution in [0.5, 0.6) is 5.75 Å². The molecule has 1 saturated carbocycles. The number of carbonyl (C=O) groups is 2. The zero-order chi connectivity index (χ0) is 24.4. The molecule has 5 rings (SSSR count). The van der Waals surface area contributed by atoms with Crippen molar-refractivity contribution in [2.24, 2.45) is 5.92 Å². The van der Waals surface area contributed by atoms with Gasteiger partial charge in [-0.3, -0.25) is 9.59 Å². The topological polar surface area (TPSA) is 78.4 Å². The highest BCUT2D eigenvalue weighted by Gasteiger charge is 2.51. The van der Waals surface area contributed by atoms with E-state index in [-0.39, 0.29) is 18.1 Å². The Bertz CT molecular complexity index is 1240. The van der Waals surface area contributed by atoms with Crippen molar-refractivity contribution in [2.75, 3.05) is 7.11 Å². The number of ketones is 1. The summed E-state index contributed by atoms with van der Waals surface area (Å²) >= 11 is 7.49. The van der Waals surface area contributed by atoms with Crippen LogP contribution in [0.25, 0.3) is 10.9 Å². The number of hydrogen-bond acceptors (Lipinski definition) is 7. The van der Waals surface area contributed by atoms with Crippen molar-refractivity contribution in [2.45, 2.75) is 60.8 Å². The van der Waals surface area contributed by atoms with Gasteiger partial charge in [0, 0.05) is 11.8 Å². The first-order valence-corrected chi connectivity index (χ1v) is 13.2. The van der Waals surface area contributed by atoms with Crippen LogP contribution in [0.2, 0.25) is 5.02 Å². The maximum Gasteiger partial charge on any atom is 0.327 e. The number of carbonyl (C=O) groups excluding carboxylic acids is 2. The SMILES string of the molecule is COc1ccc(CCC2(C3CCCC3)CC(=O)C(Sc3ncnc4ccccc34)C(=O)O2)cc1Cl. The molecule has 2 fully saturated rings.